The summed E-state index contributed by atoms with van der Waals surface area (Å²) in [5.74, 6) is -0.324. The highest BCUT2D eigenvalue weighted by Gasteiger charge is 2.31. The van der Waals surface area contributed by atoms with Crippen molar-refractivity contribution in [3.05, 3.63) is 52.8 Å². The third-order valence-corrected chi connectivity index (χ3v) is 4.72. The summed E-state index contributed by atoms with van der Waals surface area (Å²) < 4.78 is 10.6. The highest BCUT2D eigenvalue weighted by Crippen LogP contribution is 2.38. The number of aromatic nitrogens is 1. The summed E-state index contributed by atoms with van der Waals surface area (Å²) in [6.07, 6.45) is 5.26. The predicted octanol–water partition coefficient (Wildman–Crippen LogP) is 2.58. The lowest BCUT2D eigenvalue weighted by Gasteiger charge is -2.25. The van der Waals surface area contributed by atoms with E-state index in [4.69, 9.17) is 26.8 Å². The van der Waals surface area contributed by atoms with Gasteiger partial charge in [0.05, 0.1) is 18.2 Å². The normalized spacial score (nSPS) is 16.2. The number of ether oxygens (including phenoxy) is 2. The number of benzene rings is 1. The fourth-order valence-corrected chi connectivity index (χ4v) is 3.50. The molecule has 1 aromatic heterocycles. The van der Waals surface area contributed by atoms with E-state index in [2.05, 4.69) is 4.98 Å². The number of carbonyl (C=O) groups excluding carboxylic acids is 2. The number of methoxy groups -OCH3 is 1. The third-order valence-electron chi connectivity index (χ3n) is 4.44. The molecular weight excluding hydrogens is 370 g/mol. The highest BCUT2D eigenvalue weighted by molar-refractivity contribution is 6.32. The number of likely N-dealkylation sites (tertiary alicyclic amines) is 1. The molecule has 1 fully saturated rings. The fourth-order valence-electron chi connectivity index (χ4n) is 3.23. The van der Waals surface area contributed by atoms with Gasteiger partial charge in [-0.15, -0.1) is 0 Å². The SMILES string of the molecule is COc1cc(C(=O)N2CCC[C@@H]2c2ccncc2)cc(Cl)c1OCC(N)=O. The van der Waals surface area contributed by atoms with Crippen molar-refractivity contribution < 1.29 is 19.1 Å². The molecule has 2 heterocycles. The first kappa shape index (κ1) is 19.0. The molecule has 2 amide bonds. The Labute approximate surface area is 162 Å². The maximum absolute atomic E-state index is 13.1. The Hall–Kier alpha value is -2.80. The van der Waals surface area contributed by atoms with Crippen LogP contribution in [0.25, 0.3) is 0 Å². The lowest BCUT2D eigenvalue weighted by molar-refractivity contribution is -0.119. The molecule has 1 aliphatic rings. The van der Waals surface area contributed by atoms with Crippen LogP contribution in [0.15, 0.2) is 36.7 Å². The quantitative estimate of drug-likeness (QED) is 0.819. The van der Waals surface area contributed by atoms with Gasteiger partial charge in [0, 0.05) is 24.5 Å². The zero-order valence-electron chi connectivity index (χ0n) is 14.9. The van der Waals surface area contributed by atoms with Gasteiger partial charge >= 0.3 is 0 Å². The highest BCUT2D eigenvalue weighted by atomic mass is 35.5. The minimum absolute atomic E-state index is 0.00365. The van der Waals surface area contributed by atoms with Crippen LogP contribution in [0, 0.1) is 0 Å². The van der Waals surface area contributed by atoms with E-state index in [-0.39, 0.29) is 35.1 Å². The first-order valence-corrected chi connectivity index (χ1v) is 8.88. The van der Waals surface area contributed by atoms with Crippen LogP contribution in [0.4, 0.5) is 0 Å². The Kier molecular flexibility index (Phi) is 5.81. The van der Waals surface area contributed by atoms with Crippen LogP contribution in [-0.4, -0.2) is 42.0 Å². The molecule has 1 saturated heterocycles. The smallest absolute Gasteiger partial charge is 0.255 e. The molecule has 0 aliphatic carbocycles. The van der Waals surface area contributed by atoms with Crippen molar-refractivity contribution in [1.82, 2.24) is 9.88 Å². The first-order valence-electron chi connectivity index (χ1n) is 8.50. The average molecular weight is 390 g/mol. The van der Waals surface area contributed by atoms with Crippen LogP contribution in [0.3, 0.4) is 0 Å². The van der Waals surface area contributed by atoms with Gasteiger partial charge in [0.1, 0.15) is 0 Å². The van der Waals surface area contributed by atoms with E-state index in [0.717, 1.165) is 18.4 Å². The molecule has 7 nitrogen and oxygen atoms in total. The Bertz CT molecular complexity index is 844. The predicted molar refractivity (Wildman–Crippen MR) is 99.9 cm³/mol. The summed E-state index contributed by atoms with van der Waals surface area (Å²) in [6, 6.07) is 6.92. The molecule has 8 heteroatoms. The number of pyridine rings is 1. The average Bonchev–Trinajstić information content (AvgIpc) is 3.16. The summed E-state index contributed by atoms with van der Waals surface area (Å²) in [7, 11) is 1.44. The Morgan fingerprint density at radius 3 is 2.74 bits per heavy atom. The molecule has 142 valence electrons. The fraction of sp³-hybridized carbons (Fsp3) is 0.316. The number of primary amides is 1. The van der Waals surface area contributed by atoms with Gasteiger partial charge in [-0.1, -0.05) is 11.6 Å². The molecule has 2 N–H and O–H groups in total. The summed E-state index contributed by atoms with van der Waals surface area (Å²) in [6.45, 7) is 0.325. The summed E-state index contributed by atoms with van der Waals surface area (Å²) in [5, 5.41) is 0.179. The number of hydrogen-bond donors (Lipinski definition) is 1. The van der Waals surface area contributed by atoms with Gasteiger partial charge in [0.15, 0.2) is 18.1 Å². The number of halogens is 1. The zero-order valence-corrected chi connectivity index (χ0v) is 15.6. The van der Waals surface area contributed by atoms with Crippen molar-refractivity contribution in [3.63, 3.8) is 0 Å². The second-order valence-electron chi connectivity index (χ2n) is 6.18. The standard InChI is InChI=1S/C19H20ClN3O4/c1-26-16-10-13(9-14(20)18(16)27-11-17(21)24)19(25)23-8-2-3-15(23)12-4-6-22-7-5-12/h4-7,9-10,15H,2-3,8,11H2,1H3,(H2,21,24)/t15-/m1/s1. The van der Waals surface area contributed by atoms with E-state index in [9.17, 15) is 9.59 Å². The number of hydrogen-bond acceptors (Lipinski definition) is 5. The first-order chi connectivity index (χ1) is 13.0. The van der Waals surface area contributed by atoms with Crippen LogP contribution < -0.4 is 15.2 Å². The van der Waals surface area contributed by atoms with Crippen molar-refractivity contribution in [1.29, 1.82) is 0 Å². The van der Waals surface area contributed by atoms with Crippen molar-refractivity contribution in [2.45, 2.75) is 18.9 Å². The summed E-state index contributed by atoms with van der Waals surface area (Å²) in [5.41, 5.74) is 6.54. The van der Waals surface area contributed by atoms with Crippen molar-refractivity contribution in [2.75, 3.05) is 20.3 Å². The second kappa shape index (κ2) is 8.26. The van der Waals surface area contributed by atoms with Gasteiger partial charge in [-0.05, 0) is 42.7 Å². The molecule has 1 aromatic carbocycles. The van der Waals surface area contributed by atoms with Gasteiger partial charge in [0.2, 0.25) is 0 Å². The van der Waals surface area contributed by atoms with Crippen molar-refractivity contribution in [3.8, 4) is 11.5 Å². The largest absolute Gasteiger partial charge is 0.493 e. The van der Waals surface area contributed by atoms with E-state index in [1.165, 1.54) is 13.2 Å². The number of carbonyl (C=O) groups is 2. The maximum Gasteiger partial charge on any atom is 0.255 e. The molecular formula is C19H20ClN3O4. The summed E-state index contributed by atoms with van der Waals surface area (Å²) >= 11 is 6.26. The lowest BCUT2D eigenvalue weighted by atomic mass is 10.1. The Morgan fingerprint density at radius 2 is 2.07 bits per heavy atom. The number of nitrogens with two attached hydrogens (primary N) is 1. The Morgan fingerprint density at radius 1 is 1.33 bits per heavy atom. The van der Waals surface area contributed by atoms with E-state index >= 15 is 0 Å². The van der Waals surface area contributed by atoms with Gasteiger partial charge in [-0.3, -0.25) is 14.6 Å². The molecule has 2 aromatic rings. The molecule has 0 bridgehead atoms. The van der Waals surface area contributed by atoms with Crippen molar-refractivity contribution >= 4 is 23.4 Å². The molecule has 0 radical (unpaired) electrons. The zero-order chi connectivity index (χ0) is 19.4. The number of nitrogens with zero attached hydrogens (tertiary/aromatic N) is 2. The van der Waals surface area contributed by atoms with Crippen LogP contribution in [0.1, 0.15) is 34.8 Å². The number of rotatable bonds is 6. The molecule has 0 unspecified atom stereocenters. The van der Waals surface area contributed by atoms with E-state index in [0.29, 0.717) is 12.1 Å². The third kappa shape index (κ3) is 4.14. The molecule has 3 rings (SSSR count). The van der Waals surface area contributed by atoms with Gasteiger partial charge in [-0.2, -0.15) is 0 Å². The maximum atomic E-state index is 13.1. The van der Waals surface area contributed by atoms with E-state index in [1.54, 1.807) is 18.5 Å². The monoisotopic (exact) mass is 389 g/mol. The van der Waals surface area contributed by atoms with Crippen LogP contribution in [0.2, 0.25) is 5.02 Å². The van der Waals surface area contributed by atoms with E-state index < -0.39 is 5.91 Å². The lowest BCUT2D eigenvalue weighted by Crippen LogP contribution is -2.30. The molecule has 0 saturated carbocycles. The summed E-state index contributed by atoms with van der Waals surface area (Å²) in [4.78, 5) is 29.9. The van der Waals surface area contributed by atoms with Gasteiger partial charge < -0.3 is 20.1 Å². The molecule has 0 spiro atoms. The molecule has 27 heavy (non-hydrogen) atoms. The minimum Gasteiger partial charge on any atom is -0.493 e. The van der Waals surface area contributed by atoms with E-state index in [1.807, 2.05) is 17.0 Å². The van der Waals surface area contributed by atoms with Gasteiger partial charge in [-0.25, -0.2) is 0 Å². The molecule has 1 atom stereocenters. The van der Waals surface area contributed by atoms with Gasteiger partial charge in [0.25, 0.3) is 11.8 Å². The van der Waals surface area contributed by atoms with Crippen LogP contribution in [-0.2, 0) is 4.79 Å². The molecule has 1 aliphatic heterocycles. The second-order valence-corrected chi connectivity index (χ2v) is 6.59. The minimum atomic E-state index is -0.634. The van der Waals surface area contributed by atoms with Crippen molar-refractivity contribution in [2.24, 2.45) is 5.73 Å². The van der Waals surface area contributed by atoms with Crippen LogP contribution in [0.5, 0.6) is 11.5 Å². The topological polar surface area (TPSA) is 94.8 Å². The number of amides is 2. The van der Waals surface area contributed by atoms with Crippen LogP contribution >= 0.6 is 11.6 Å². The Balaban J connectivity index is 1.88.